The van der Waals surface area contributed by atoms with Crippen molar-refractivity contribution < 1.29 is 9.90 Å². The van der Waals surface area contributed by atoms with Crippen molar-refractivity contribution in [3.8, 4) is 11.1 Å². The summed E-state index contributed by atoms with van der Waals surface area (Å²) in [6, 6.07) is 23.3. The van der Waals surface area contributed by atoms with E-state index < -0.39 is 11.2 Å². The molecule has 0 radical (unpaired) electrons. The van der Waals surface area contributed by atoms with Gasteiger partial charge < -0.3 is 5.11 Å². The molecule has 0 aliphatic heterocycles. The van der Waals surface area contributed by atoms with Crippen molar-refractivity contribution >= 4 is 28.6 Å². The number of fused-ring (bicyclic) bond motifs is 1. The molecule has 1 heterocycles. The van der Waals surface area contributed by atoms with Crippen molar-refractivity contribution in [3.63, 3.8) is 0 Å². The maximum atomic E-state index is 12.6. The monoisotopic (exact) mass is 445 g/mol. The highest BCUT2D eigenvalue weighted by Gasteiger charge is 2.20. The average molecular weight is 446 g/mol. The molecule has 0 amide bonds. The normalized spacial score (nSPS) is 12.0. The molecule has 1 unspecified atom stereocenters. The number of rotatable bonds is 8. The van der Waals surface area contributed by atoms with E-state index in [1.165, 1.54) is 22.0 Å². The van der Waals surface area contributed by atoms with E-state index in [0.29, 0.717) is 10.9 Å². The molecule has 7 heteroatoms. The summed E-state index contributed by atoms with van der Waals surface area (Å²) in [5, 5.41) is 17.5. The molecule has 4 rings (SSSR count). The lowest BCUT2D eigenvalue weighted by atomic mass is 10.0. The second kappa shape index (κ2) is 9.78. The van der Waals surface area contributed by atoms with Crippen LogP contribution in [0.5, 0.6) is 0 Å². The van der Waals surface area contributed by atoms with Crippen molar-refractivity contribution in [2.24, 2.45) is 0 Å². The van der Waals surface area contributed by atoms with Crippen LogP contribution >= 0.6 is 11.8 Å². The molecule has 0 bridgehead atoms. The Morgan fingerprint density at radius 2 is 1.66 bits per heavy atom. The largest absolute Gasteiger partial charge is 0.480 e. The van der Waals surface area contributed by atoms with Crippen molar-refractivity contribution in [1.29, 1.82) is 0 Å². The summed E-state index contributed by atoms with van der Waals surface area (Å²) in [6.07, 6.45) is 1.26. The Labute approximate surface area is 189 Å². The Hall–Kier alpha value is -3.45. The van der Waals surface area contributed by atoms with Crippen LogP contribution in [0.25, 0.3) is 22.0 Å². The predicted octanol–water partition coefficient (Wildman–Crippen LogP) is 4.66. The first-order chi connectivity index (χ1) is 15.5. The summed E-state index contributed by atoms with van der Waals surface area (Å²) >= 11 is 1.27. The van der Waals surface area contributed by atoms with Gasteiger partial charge in [-0.05, 0) is 53.8 Å². The molecule has 4 aromatic rings. The second-order valence-corrected chi connectivity index (χ2v) is 8.72. The first-order valence-electron chi connectivity index (χ1n) is 10.5. The van der Waals surface area contributed by atoms with Gasteiger partial charge >= 0.3 is 5.97 Å². The third kappa shape index (κ3) is 4.89. The number of hydrogen-bond donors (Lipinski definition) is 1. The van der Waals surface area contributed by atoms with E-state index in [2.05, 4.69) is 41.5 Å². The van der Waals surface area contributed by atoms with Gasteiger partial charge in [-0.2, -0.15) is 0 Å². The fourth-order valence-electron chi connectivity index (χ4n) is 3.47. The molecule has 0 aliphatic rings. The minimum absolute atomic E-state index is 0.183. The Bertz CT molecular complexity index is 1280. The van der Waals surface area contributed by atoms with Crippen LogP contribution in [-0.4, -0.2) is 31.3 Å². The van der Waals surface area contributed by atoms with E-state index >= 15 is 0 Å². The van der Waals surface area contributed by atoms with Crippen LogP contribution in [0.15, 0.2) is 82.5 Å². The van der Waals surface area contributed by atoms with Gasteiger partial charge in [0.15, 0.2) is 0 Å². The molecule has 1 aromatic heterocycles. The van der Waals surface area contributed by atoms with Gasteiger partial charge in [0.1, 0.15) is 10.8 Å². The Morgan fingerprint density at radius 1 is 1.00 bits per heavy atom. The van der Waals surface area contributed by atoms with Crippen LogP contribution in [-0.2, 0) is 17.8 Å². The second-order valence-electron chi connectivity index (χ2n) is 7.44. The first kappa shape index (κ1) is 21.8. The number of aliphatic carboxylic acids is 1. The van der Waals surface area contributed by atoms with Crippen LogP contribution < -0.4 is 5.56 Å². The summed E-state index contributed by atoms with van der Waals surface area (Å²) in [5.41, 5.74) is 3.77. The molecule has 0 aliphatic carbocycles. The molecular formula is C25H23N3O3S. The van der Waals surface area contributed by atoms with Gasteiger partial charge in [-0.25, -0.2) is 4.68 Å². The quantitative estimate of drug-likeness (QED) is 0.397. The fourth-order valence-corrected chi connectivity index (χ4v) is 4.41. The lowest BCUT2D eigenvalue weighted by molar-refractivity contribution is -0.136. The van der Waals surface area contributed by atoms with E-state index in [-0.39, 0.29) is 18.5 Å². The van der Waals surface area contributed by atoms with Gasteiger partial charge in [-0.15, -0.1) is 16.9 Å². The van der Waals surface area contributed by atoms with Crippen LogP contribution in [0, 0.1) is 0 Å². The number of carboxylic acids is 1. The van der Waals surface area contributed by atoms with Crippen molar-refractivity contribution in [1.82, 2.24) is 15.0 Å². The summed E-state index contributed by atoms with van der Waals surface area (Å²) in [4.78, 5) is 25.3. The zero-order valence-corrected chi connectivity index (χ0v) is 18.5. The number of aryl methyl sites for hydroxylation is 2. The average Bonchev–Trinajstić information content (AvgIpc) is 2.83. The molecule has 1 N–H and O–H groups in total. The van der Waals surface area contributed by atoms with E-state index in [1.54, 1.807) is 24.3 Å². The molecule has 0 saturated carbocycles. The number of carbonyl (C=O) groups is 1. The van der Waals surface area contributed by atoms with Crippen LogP contribution in [0.1, 0.15) is 18.9 Å². The van der Waals surface area contributed by atoms with Crippen LogP contribution in [0.3, 0.4) is 0 Å². The topological polar surface area (TPSA) is 85.1 Å². The highest BCUT2D eigenvalue weighted by molar-refractivity contribution is 8.00. The van der Waals surface area contributed by atoms with E-state index in [9.17, 15) is 14.7 Å². The summed E-state index contributed by atoms with van der Waals surface area (Å²) in [7, 11) is 0. The molecule has 0 spiro atoms. The summed E-state index contributed by atoms with van der Waals surface area (Å²) in [5.74, 6) is -0.920. The number of aromatic nitrogens is 3. The third-order valence-electron chi connectivity index (χ3n) is 5.34. The number of thioether (sulfide) groups is 1. The van der Waals surface area contributed by atoms with Gasteiger partial charge in [0.25, 0.3) is 5.56 Å². The molecule has 0 fully saturated rings. The SMILES string of the molecule is CCc1ccc(-c2ccc(SC(CCn3nnc4ccccc4c3=O)C(=O)O)cc2)cc1. The maximum Gasteiger partial charge on any atom is 0.317 e. The minimum Gasteiger partial charge on any atom is -0.480 e. The van der Waals surface area contributed by atoms with E-state index in [0.717, 1.165) is 22.4 Å². The fraction of sp³-hybridized carbons (Fsp3) is 0.200. The Balaban J connectivity index is 1.45. The summed E-state index contributed by atoms with van der Waals surface area (Å²) in [6.45, 7) is 2.31. The van der Waals surface area contributed by atoms with Crippen molar-refractivity contribution in [2.45, 2.75) is 36.5 Å². The van der Waals surface area contributed by atoms with Gasteiger partial charge in [0.2, 0.25) is 0 Å². The molecule has 1 atom stereocenters. The van der Waals surface area contributed by atoms with Crippen LogP contribution in [0.2, 0.25) is 0 Å². The molecule has 0 saturated heterocycles. The molecule has 6 nitrogen and oxygen atoms in total. The summed E-state index contributed by atoms with van der Waals surface area (Å²) < 4.78 is 1.24. The zero-order chi connectivity index (χ0) is 22.5. The number of nitrogens with zero attached hydrogens (tertiary/aromatic N) is 3. The van der Waals surface area contributed by atoms with Gasteiger partial charge in [0.05, 0.1) is 5.39 Å². The molecule has 3 aromatic carbocycles. The standard InChI is InChI=1S/C25H23N3O3S/c1-2-17-7-9-18(10-8-17)19-11-13-20(14-12-19)32-23(25(30)31)15-16-28-24(29)21-5-3-4-6-22(21)26-27-28/h3-14,23H,2,15-16H2,1H3,(H,30,31). The van der Waals surface area contributed by atoms with Crippen LogP contribution in [0.4, 0.5) is 0 Å². The molecule has 162 valence electrons. The van der Waals surface area contributed by atoms with Crippen molar-refractivity contribution in [3.05, 3.63) is 88.7 Å². The number of carboxylic acid groups (broad SMARTS) is 1. The number of benzene rings is 3. The van der Waals surface area contributed by atoms with E-state index in [1.807, 2.05) is 24.3 Å². The molecular weight excluding hydrogens is 422 g/mol. The zero-order valence-electron chi connectivity index (χ0n) is 17.6. The van der Waals surface area contributed by atoms with Crippen molar-refractivity contribution in [2.75, 3.05) is 0 Å². The highest BCUT2D eigenvalue weighted by atomic mass is 32.2. The van der Waals surface area contributed by atoms with E-state index in [4.69, 9.17) is 0 Å². The van der Waals surface area contributed by atoms with Gasteiger partial charge in [0, 0.05) is 11.4 Å². The third-order valence-corrected chi connectivity index (χ3v) is 6.60. The molecule has 32 heavy (non-hydrogen) atoms. The number of hydrogen-bond acceptors (Lipinski definition) is 5. The van der Waals surface area contributed by atoms with Gasteiger partial charge in [-0.1, -0.05) is 60.7 Å². The highest BCUT2D eigenvalue weighted by Crippen LogP contribution is 2.29. The first-order valence-corrected chi connectivity index (χ1v) is 11.3. The van der Waals surface area contributed by atoms with Gasteiger partial charge in [-0.3, -0.25) is 9.59 Å². The lowest BCUT2D eigenvalue weighted by Gasteiger charge is -2.13. The Morgan fingerprint density at radius 3 is 2.31 bits per heavy atom. The minimum atomic E-state index is -0.920. The smallest absolute Gasteiger partial charge is 0.317 e. The lowest BCUT2D eigenvalue weighted by Crippen LogP contribution is -2.27. The predicted molar refractivity (Wildman–Crippen MR) is 127 cm³/mol. The maximum absolute atomic E-state index is 12.6. The Kier molecular flexibility index (Phi) is 6.66.